The first-order chi connectivity index (χ1) is 12.1. The monoisotopic (exact) mass is 341 g/mol. The van der Waals surface area contributed by atoms with E-state index in [2.05, 4.69) is 22.8 Å². The second-order valence-corrected chi connectivity index (χ2v) is 7.21. The number of hydrogen-bond acceptors (Lipinski definition) is 3. The van der Waals surface area contributed by atoms with Gasteiger partial charge in [-0.25, -0.2) is 0 Å². The number of fused-ring (bicyclic) bond motifs is 1. The fourth-order valence-corrected chi connectivity index (χ4v) is 4.06. The number of anilines is 1. The molecule has 2 fully saturated rings. The third kappa shape index (κ3) is 3.13. The number of piperidine rings is 1. The molecule has 2 N–H and O–H groups in total. The van der Waals surface area contributed by atoms with E-state index in [0.717, 1.165) is 24.9 Å². The van der Waals surface area contributed by atoms with Crippen LogP contribution in [0, 0.1) is 5.92 Å². The van der Waals surface area contributed by atoms with Gasteiger partial charge in [-0.3, -0.25) is 14.4 Å². The molecule has 1 aromatic carbocycles. The molecule has 0 unspecified atom stereocenters. The summed E-state index contributed by atoms with van der Waals surface area (Å²) in [6.45, 7) is 1.05. The fourth-order valence-electron chi connectivity index (χ4n) is 4.06. The molecule has 25 heavy (non-hydrogen) atoms. The summed E-state index contributed by atoms with van der Waals surface area (Å²) in [6, 6.07) is 5.71. The van der Waals surface area contributed by atoms with Crippen molar-refractivity contribution in [2.45, 2.75) is 44.6 Å². The Labute approximate surface area is 147 Å². The van der Waals surface area contributed by atoms with Crippen LogP contribution in [0.25, 0.3) is 0 Å². The summed E-state index contributed by atoms with van der Waals surface area (Å²) in [7, 11) is 0. The smallest absolute Gasteiger partial charge is 0.242 e. The van der Waals surface area contributed by atoms with Gasteiger partial charge in [0.1, 0.15) is 6.04 Å². The minimum Gasteiger partial charge on any atom is -0.354 e. The summed E-state index contributed by atoms with van der Waals surface area (Å²) in [5.41, 5.74) is 3.57. The van der Waals surface area contributed by atoms with Crippen LogP contribution in [-0.2, 0) is 27.2 Å². The average Bonchev–Trinajstić information content (AvgIpc) is 3.22. The summed E-state index contributed by atoms with van der Waals surface area (Å²) < 4.78 is 0. The van der Waals surface area contributed by atoms with E-state index in [1.807, 2.05) is 6.07 Å². The van der Waals surface area contributed by atoms with Crippen molar-refractivity contribution in [3.05, 3.63) is 29.3 Å². The molecule has 6 nitrogen and oxygen atoms in total. The largest absolute Gasteiger partial charge is 0.354 e. The normalized spacial score (nSPS) is 25.7. The fraction of sp³-hybridized carbons (Fsp3) is 0.526. The second kappa shape index (κ2) is 6.50. The Morgan fingerprint density at radius 3 is 2.84 bits per heavy atom. The van der Waals surface area contributed by atoms with Crippen LogP contribution in [0.15, 0.2) is 18.2 Å². The van der Waals surface area contributed by atoms with Crippen molar-refractivity contribution in [2.75, 3.05) is 18.0 Å². The van der Waals surface area contributed by atoms with Crippen LogP contribution in [0.4, 0.5) is 5.69 Å². The van der Waals surface area contributed by atoms with Gasteiger partial charge in [-0.15, -0.1) is 0 Å². The molecule has 3 aliphatic rings. The maximum absolute atomic E-state index is 12.5. The van der Waals surface area contributed by atoms with Gasteiger partial charge in [-0.1, -0.05) is 6.07 Å². The summed E-state index contributed by atoms with van der Waals surface area (Å²) in [5.74, 6) is -0.736. The molecular weight excluding hydrogens is 318 g/mol. The predicted molar refractivity (Wildman–Crippen MR) is 93.1 cm³/mol. The number of rotatable bonds is 3. The highest BCUT2D eigenvalue weighted by molar-refractivity contribution is 6.01. The predicted octanol–water partition coefficient (Wildman–Crippen LogP) is 0.923. The van der Waals surface area contributed by atoms with Crippen LogP contribution in [0.5, 0.6) is 0 Å². The topological polar surface area (TPSA) is 78.5 Å². The van der Waals surface area contributed by atoms with E-state index in [1.165, 1.54) is 17.5 Å². The quantitative estimate of drug-likeness (QED) is 0.858. The van der Waals surface area contributed by atoms with Crippen LogP contribution in [0.2, 0.25) is 0 Å². The number of benzene rings is 1. The zero-order valence-corrected chi connectivity index (χ0v) is 14.2. The molecular formula is C19H23N3O3. The van der Waals surface area contributed by atoms with Crippen LogP contribution in [0.3, 0.4) is 0 Å². The minimum atomic E-state index is -0.467. The number of amides is 3. The summed E-state index contributed by atoms with van der Waals surface area (Å²) in [6.07, 6.45) is 5.07. The SMILES string of the molecule is O=C(N[C@H]1CCCNC1=O)[C@@H]1CC(=O)N(c2ccc3c(c2)CCC3)C1. The first-order valence-electron chi connectivity index (χ1n) is 9.12. The Hall–Kier alpha value is -2.37. The van der Waals surface area contributed by atoms with Crippen molar-refractivity contribution in [3.8, 4) is 0 Å². The van der Waals surface area contributed by atoms with Crippen molar-refractivity contribution in [1.29, 1.82) is 0 Å². The van der Waals surface area contributed by atoms with Gasteiger partial charge in [0, 0.05) is 25.2 Å². The third-order valence-corrected chi connectivity index (χ3v) is 5.49. The average molecular weight is 341 g/mol. The Balaban J connectivity index is 1.43. The van der Waals surface area contributed by atoms with E-state index >= 15 is 0 Å². The van der Waals surface area contributed by atoms with Crippen LogP contribution >= 0.6 is 0 Å². The molecule has 3 amide bonds. The van der Waals surface area contributed by atoms with Crippen molar-refractivity contribution in [3.63, 3.8) is 0 Å². The van der Waals surface area contributed by atoms with Gasteiger partial charge in [0.05, 0.1) is 5.92 Å². The van der Waals surface area contributed by atoms with Crippen LogP contribution in [0.1, 0.15) is 36.8 Å². The summed E-state index contributed by atoms with van der Waals surface area (Å²) >= 11 is 0. The van der Waals surface area contributed by atoms with Crippen molar-refractivity contribution < 1.29 is 14.4 Å². The molecule has 132 valence electrons. The molecule has 0 radical (unpaired) electrons. The highest BCUT2D eigenvalue weighted by Gasteiger charge is 2.37. The maximum atomic E-state index is 12.5. The second-order valence-electron chi connectivity index (χ2n) is 7.21. The van der Waals surface area contributed by atoms with Gasteiger partial charge < -0.3 is 15.5 Å². The Kier molecular flexibility index (Phi) is 4.19. The summed E-state index contributed by atoms with van der Waals surface area (Å²) in [4.78, 5) is 38.4. The van der Waals surface area contributed by atoms with Crippen LogP contribution in [-0.4, -0.2) is 36.9 Å². The van der Waals surface area contributed by atoms with Crippen LogP contribution < -0.4 is 15.5 Å². The molecule has 0 aromatic heterocycles. The molecule has 2 atom stereocenters. The van der Waals surface area contributed by atoms with Crippen molar-refractivity contribution >= 4 is 23.4 Å². The number of nitrogens with one attached hydrogen (secondary N) is 2. The molecule has 2 saturated heterocycles. The van der Waals surface area contributed by atoms with Crippen molar-refractivity contribution in [2.24, 2.45) is 5.92 Å². The van der Waals surface area contributed by atoms with Gasteiger partial charge >= 0.3 is 0 Å². The molecule has 1 aromatic rings. The first kappa shape index (κ1) is 16.1. The Bertz CT molecular complexity index is 731. The number of aryl methyl sites for hydroxylation is 2. The lowest BCUT2D eigenvalue weighted by molar-refractivity contribution is -0.132. The molecule has 0 saturated carbocycles. The zero-order chi connectivity index (χ0) is 17.4. The lowest BCUT2D eigenvalue weighted by Crippen LogP contribution is -2.51. The zero-order valence-electron chi connectivity index (χ0n) is 14.2. The number of hydrogen-bond donors (Lipinski definition) is 2. The van der Waals surface area contributed by atoms with Gasteiger partial charge in [0.15, 0.2) is 0 Å². The van der Waals surface area contributed by atoms with Gasteiger partial charge in [-0.05, 0) is 55.4 Å². The molecule has 6 heteroatoms. The molecule has 1 aliphatic carbocycles. The summed E-state index contributed by atoms with van der Waals surface area (Å²) in [5, 5.41) is 5.58. The lowest BCUT2D eigenvalue weighted by Gasteiger charge is -2.24. The van der Waals surface area contributed by atoms with E-state index in [9.17, 15) is 14.4 Å². The molecule has 4 rings (SSSR count). The van der Waals surface area contributed by atoms with E-state index in [0.29, 0.717) is 19.5 Å². The number of carbonyl (C=O) groups is 3. The maximum Gasteiger partial charge on any atom is 0.242 e. The Morgan fingerprint density at radius 2 is 2.00 bits per heavy atom. The molecule has 0 bridgehead atoms. The van der Waals surface area contributed by atoms with E-state index in [-0.39, 0.29) is 24.1 Å². The highest BCUT2D eigenvalue weighted by Crippen LogP contribution is 2.30. The van der Waals surface area contributed by atoms with E-state index < -0.39 is 12.0 Å². The third-order valence-electron chi connectivity index (χ3n) is 5.49. The van der Waals surface area contributed by atoms with Gasteiger partial charge in [0.25, 0.3) is 0 Å². The number of nitrogens with zero attached hydrogens (tertiary/aromatic N) is 1. The highest BCUT2D eigenvalue weighted by atomic mass is 16.2. The lowest BCUT2D eigenvalue weighted by atomic mass is 10.0. The van der Waals surface area contributed by atoms with E-state index in [4.69, 9.17) is 0 Å². The Morgan fingerprint density at radius 1 is 1.16 bits per heavy atom. The van der Waals surface area contributed by atoms with Crippen molar-refractivity contribution in [1.82, 2.24) is 10.6 Å². The molecule has 2 aliphatic heterocycles. The molecule has 2 heterocycles. The standard InChI is InChI=1S/C19H23N3O3/c23-17-10-14(18(24)21-16-5-2-8-20-19(16)25)11-22(17)15-7-6-12-3-1-4-13(12)9-15/h6-7,9,14,16H,1-5,8,10-11H2,(H,20,25)(H,21,24)/t14-,16+/m1/s1. The van der Waals surface area contributed by atoms with Gasteiger partial charge in [-0.2, -0.15) is 0 Å². The first-order valence-corrected chi connectivity index (χ1v) is 9.12. The van der Waals surface area contributed by atoms with Gasteiger partial charge in [0.2, 0.25) is 17.7 Å². The van der Waals surface area contributed by atoms with E-state index in [1.54, 1.807) is 4.90 Å². The molecule has 0 spiro atoms. The number of carbonyl (C=O) groups excluding carboxylic acids is 3. The minimum absolute atomic E-state index is 0.0220.